The van der Waals surface area contributed by atoms with E-state index in [0.29, 0.717) is 0 Å². The molecule has 3 N–H and O–H groups in total. The highest BCUT2D eigenvalue weighted by Gasteiger charge is 2.28. The molecule has 0 aromatic heterocycles. The van der Waals surface area contributed by atoms with Gasteiger partial charge in [0.2, 0.25) is 0 Å². The van der Waals surface area contributed by atoms with Crippen LogP contribution in [0.4, 0.5) is 4.79 Å². The second-order valence-corrected chi connectivity index (χ2v) is 6.29. The Balaban J connectivity index is 1.55. The molecule has 0 saturated carbocycles. The van der Waals surface area contributed by atoms with Gasteiger partial charge in [0.25, 0.3) is 0 Å². The van der Waals surface area contributed by atoms with Gasteiger partial charge in [-0.3, -0.25) is 4.79 Å². The Labute approximate surface area is 151 Å². The van der Waals surface area contributed by atoms with E-state index >= 15 is 0 Å². The van der Waals surface area contributed by atoms with Crippen LogP contribution in [-0.2, 0) is 9.53 Å². The van der Waals surface area contributed by atoms with Crippen molar-refractivity contribution in [2.45, 2.75) is 24.9 Å². The molecule has 2 aromatic rings. The van der Waals surface area contributed by atoms with Crippen LogP contribution in [0.5, 0.6) is 0 Å². The molecule has 1 aliphatic rings. The van der Waals surface area contributed by atoms with Gasteiger partial charge in [-0.15, -0.1) is 0 Å². The zero-order valence-electron chi connectivity index (χ0n) is 14.2. The van der Waals surface area contributed by atoms with Gasteiger partial charge in [-0.25, -0.2) is 4.79 Å². The average Bonchev–Trinajstić information content (AvgIpc) is 2.93. The summed E-state index contributed by atoms with van der Waals surface area (Å²) in [6.45, 7) is 0.378. The molecule has 0 bridgehead atoms. The molecule has 6 heteroatoms. The minimum atomic E-state index is -1.07. The number of aliphatic hydroxyl groups excluding tert-OH is 1. The van der Waals surface area contributed by atoms with Gasteiger partial charge in [-0.1, -0.05) is 48.5 Å². The maximum atomic E-state index is 11.9. The number of nitrogens with one attached hydrogen (secondary N) is 1. The lowest BCUT2D eigenvalue weighted by Gasteiger charge is -2.15. The van der Waals surface area contributed by atoms with Crippen LogP contribution in [-0.4, -0.2) is 41.5 Å². The van der Waals surface area contributed by atoms with Crippen LogP contribution in [0.25, 0.3) is 11.1 Å². The second-order valence-electron chi connectivity index (χ2n) is 6.29. The van der Waals surface area contributed by atoms with Gasteiger partial charge in [-0.05, 0) is 28.7 Å². The summed E-state index contributed by atoms with van der Waals surface area (Å²) in [5, 5.41) is 20.6. The number of fused-ring (bicyclic) bond motifs is 3. The molecule has 0 unspecified atom stereocenters. The number of aliphatic hydroxyl groups is 1. The number of benzene rings is 2. The van der Waals surface area contributed by atoms with E-state index in [1.165, 1.54) is 0 Å². The van der Waals surface area contributed by atoms with E-state index < -0.39 is 18.2 Å². The first-order valence-corrected chi connectivity index (χ1v) is 8.55. The highest BCUT2D eigenvalue weighted by atomic mass is 16.5. The Bertz CT molecular complexity index is 759. The third-order valence-electron chi connectivity index (χ3n) is 4.50. The lowest BCUT2D eigenvalue weighted by Crippen LogP contribution is -2.29. The number of carbonyl (C=O) groups is 2. The van der Waals surface area contributed by atoms with Crippen molar-refractivity contribution in [3.05, 3.63) is 59.7 Å². The topological polar surface area (TPSA) is 95.9 Å². The van der Waals surface area contributed by atoms with Gasteiger partial charge in [-0.2, -0.15) is 0 Å². The Morgan fingerprint density at radius 2 is 1.62 bits per heavy atom. The summed E-state index contributed by atoms with van der Waals surface area (Å²) in [5.74, 6) is -1.08. The summed E-state index contributed by atoms with van der Waals surface area (Å²) < 4.78 is 5.35. The molecule has 6 nitrogen and oxygen atoms in total. The predicted molar refractivity (Wildman–Crippen MR) is 95.9 cm³/mol. The average molecular weight is 355 g/mol. The number of carboxylic acid groups (broad SMARTS) is 1. The minimum Gasteiger partial charge on any atom is -0.481 e. The van der Waals surface area contributed by atoms with Crippen molar-refractivity contribution < 1.29 is 24.5 Å². The standard InChI is InChI=1S/C20H21NO5/c22-13(11-19(23)24)9-10-21-20(25)26-12-18-16-7-3-1-5-14(16)15-6-2-4-8-17(15)18/h1-8,13,18,22H,9-12H2,(H,21,25)(H,23,24)/t13-/m0/s1. The molecule has 0 saturated heterocycles. The van der Waals surface area contributed by atoms with Crippen molar-refractivity contribution >= 4 is 12.1 Å². The minimum absolute atomic E-state index is 0.00856. The molecule has 3 rings (SSSR count). The molecule has 0 fully saturated rings. The molecular weight excluding hydrogens is 334 g/mol. The van der Waals surface area contributed by atoms with Crippen molar-refractivity contribution in [1.29, 1.82) is 0 Å². The molecular formula is C20H21NO5. The van der Waals surface area contributed by atoms with Crippen molar-refractivity contribution in [3.63, 3.8) is 0 Å². The monoisotopic (exact) mass is 355 g/mol. The van der Waals surface area contributed by atoms with E-state index in [1.54, 1.807) is 0 Å². The van der Waals surface area contributed by atoms with Crippen molar-refractivity contribution in [2.24, 2.45) is 0 Å². The van der Waals surface area contributed by atoms with Gasteiger partial charge in [0.15, 0.2) is 0 Å². The van der Waals surface area contributed by atoms with Gasteiger partial charge in [0, 0.05) is 12.5 Å². The molecule has 2 aromatic carbocycles. The van der Waals surface area contributed by atoms with Crippen molar-refractivity contribution in [2.75, 3.05) is 13.2 Å². The summed E-state index contributed by atoms with van der Waals surface area (Å²) in [4.78, 5) is 22.4. The molecule has 26 heavy (non-hydrogen) atoms. The Kier molecular flexibility index (Phi) is 5.53. The normalized spacial score (nSPS) is 13.6. The SMILES string of the molecule is O=C(O)C[C@@H](O)CCNC(=O)OCC1c2ccccc2-c2ccccc21. The molecule has 0 heterocycles. The molecule has 1 amide bonds. The maximum absolute atomic E-state index is 11.9. The fourth-order valence-electron chi connectivity index (χ4n) is 3.29. The van der Waals surface area contributed by atoms with Gasteiger partial charge in [0.1, 0.15) is 6.61 Å². The lowest BCUT2D eigenvalue weighted by molar-refractivity contribution is -0.139. The van der Waals surface area contributed by atoms with E-state index in [-0.39, 0.29) is 31.9 Å². The van der Waals surface area contributed by atoms with Crippen LogP contribution >= 0.6 is 0 Å². The smallest absolute Gasteiger partial charge is 0.407 e. The fraction of sp³-hybridized carbons (Fsp3) is 0.300. The highest BCUT2D eigenvalue weighted by Crippen LogP contribution is 2.44. The fourth-order valence-corrected chi connectivity index (χ4v) is 3.29. The first kappa shape index (κ1) is 17.9. The van der Waals surface area contributed by atoms with Crippen LogP contribution in [0.3, 0.4) is 0 Å². The van der Waals surface area contributed by atoms with Gasteiger partial charge in [0.05, 0.1) is 12.5 Å². The highest BCUT2D eigenvalue weighted by molar-refractivity contribution is 5.79. The zero-order valence-corrected chi connectivity index (χ0v) is 14.2. The number of amides is 1. The number of hydrogen-bond donors (Lipinski definition) is 3. The number of aliphatic carboxylic acids is 1. The third-order valence-corrected chi connectivity index (χ3v) is 4.50. The van der Waals surface area contributed by atoms with E-state index in [1.807, 2.05) is 36.4 Å². The predicted octanol–water partition coefficient (Wildman–Crippen LogP) is 2.75. The van der Waals surface area contributed by atoms with E-state index in [4.69, 9.17) is 9.84 Å². The van der Waals surface area contributed by atoms with Gasteiger partial charge < -0.3 is 20.3 Å². The van der Waals surface area contributed by atoms with Crippen LogP contribution < -0.4 is 5.32 Å². The molecule has 1 atom stereocenters. The first-order valence-electron chi connectivity index (χ1n) is 8.55. The van der Waals surface area contributed by atoms with Crippen LogP contribution in [0.1, 0.15) is 29.9 Å². The van der Waals surface area contributed by atoms with Crippen LogP contribution in [0.2, 0.25) is 0 Å². The molecule has 0 aliphatic heterocycles. The van der Waals surface area contributed by atoms with E-state index in [2.05, 4.69) is 17.4 Å². The van der Waals surface area contributed by atoms with Crippen molar-refractivity contribution in [1.82, 2.24) is 5.32 Å². The van der Waals surface area contributed by atoms with Crippen LogP contribution in [0, 0.1) is 0 Å². The number of carbonyl (C=O) groups excluding carboxylic acids is 1. The van der Waals surface area contributed by atoms with E-state index in [9.17, 15) is 14.7 Å². The summed E-state index contributed by atoms with van der Waals surface area (Å²) in [6.07, 6.45) is -1.74. The largest absolute Gasteiger partial charge is 0.481 e. The molecule has 1 aliphatic carbocycles. The first-order chi connectivity index (χ1) is 12.6. The van der Waals surface area contributed by atoms with Crippen LogP contribution in [0.15, 0.2) is 48.5 Å². The number of alkyl carbamates (subject to hydrolysis) is 1. The Morgan fingerprint density at radius 3 is 2.19 bits per heavy atom. The number of hydrogen-bond acceptors (Lipinski definition) is 4. The molecule has 0 radical (unpaired) electrons. The molecule has 0 spiro atoms. The Morgan fingerprint density at radius 1 is 1.04 bits per heavy atom. The lowest BCUT2D eigenvalue weighted by atomic mass is 9.98. The number of rotatable bonds is 7. The quantitative estimate of drug-likeness (QED) is 0.710. The second kappa shape index (κ2) is 8.01. The summed E-state index contributed by atoms with van der Waals surface area (Å²) in [6, 6.07) is 16.2. The van der Waals surface area contributed by atoms with E-state index in [0.717, 1.165) is 22.3 Å². The summed E-state index contributed by atoms with van der Waals surface area (Å²) in [5.41, 5.74) is 4.60. The zero-order chi connectivity index (χ0) is 18.5. The maximum Gasteiger partial charge on any atom is 0.407 e. The van der Waals surface area contributed by atoms with Gasteiger partial charge >= 0.3 is 12.1 Å². The summed E-state index contributed by atoms with van der Waals surface area (Å²) in [7, 11) is 0. The number of ether oxygens (including phenoxy) is 1. The number of carboxylic acids is 1. The molecule has 136 valence electrons. The van der Waals surface area contributed by atoms with Crippen molar-refractivity contribution in [3.8, 4) is 11.1 Å². The Hall–Kier alpha value is -2.86. The third kappa shape index (κ3) is 4.03. The summed E-state index contributed by atoms with van der Waals surface area (Å²) >= 11 is 0.